The molecule has 0 radical (unpaired) electrons. The molecule has 100 valence electrons. The second-order valence-corrected chi connectivity index (χ2v) is 4.50. The van der Waals surface area contributed by atoms with E-state index in [9.17, 15) is 4.79 Å². The lowest BCUT2D eigenvalue weighted by Gasteiger charge is -2.35. The highest BCUT2D eigenvalue weighted by atomic mass is 35.5. The average molecular weight is 265 g/mol. The van der Waals surface area contributed by atoms with Gasteiger partial charge in [-0.15, -0.1) is 12.4 Å². The van der Waals surface area contributed by atoms with E-state index in [0.717, 1.165) is 25.9 Å². The number of morpholine rings is 1. The lowest BCUT2D eigenvalue weighted by molar-refractivity contribution is -0.145. The second kappa shape index (κ2) is 7.16. The minimum atomic E-state index is -0.200. The molecule has 2 rings (SSSR count). The van der Waals surface area contributed by atoms with Crippen molar-refractivity contribution in [2.75, 3.05) is 39.4 Å². The Morgan fingerprint density at radius 3 is 3.00 bits per heavy atom. The molecule has 2 atom stereocenters. The fourth-order valence-corrected chi connectivity index (χ4v) is 2.35. The van der Waals surface area contributed by atoms with Gasteiger partial charge in [-0.25, -0.2) is 0 Å². The maximum absolute atomic E-state index is 12.2. The van der Waals surface area contributed by atoms with E-state index >= 15 is 0 Å². The predicted octanol–water partition coefficient (Wildman–Crippen LogP) is -0.372. The van der Waals surface area contributed by atoms with Crippen LogP contribution in [0.3, 0.4) is 0 Å². The summed E-state index contributed by atoms with van der Waals surface area (Å²) in [5.41, 5.74) is 0. The van der Waals surface area contributed by atoms with Crippen LogP contribution in [-0.2, 0) is 9.53 Å². The number of ether oxygens (including phenoxy) is 1. The van der Waals surface area contributed by atoms with Gasteiger partial charge in [-0.2, -0.15) is 0 Å². The molecule has 2 unspecified atom stereocenters. The number of nitrogens with zero attached hydrogens (tertiary/aromatic N) is 1. The van der Waals surface area contributed by atoms with Crippen LogP contribution in [0.1, 0.15) is 12.8 Å². The third-order valence-corrected chi connectivity index (χ3v) is 3.30. The molecule has 2 aliphatic heterocycles. The molecule has 2 fully saturated rings. The Labute approximate surface area is 108 Å². The Kier molecular flexibility index (Phi) is 6.19. The number of hydrogen-bond acceptors (Lipinski definition) is 4. The first-order valence-electron chi connectivity index (χ1n) is 6.03. The molecule has 0 spiro atoms. The first kappa shape index (κ1) is 14.7. The van der Waals surface area contributed by atoms with Gasteiger partial charge in [0.05, 0.1) is 25.2 Å². The Bertz CT molecular complexity index is 247. The van der Waals surface area contributed by atoms with E-state index in [0.29, 0.717) is 19.7 Å². The molecule has 0 aromatic heterocycles. The third kappa shape index (κ3) is 3.81. The topological polar surface area (TPSA) is 61.8 Å². The summed E-state index contributed by atoms with van der Waals surface area (Å²) in [7, 11) is 0. The summed E-state index contributed by atoms with van der Waals surface area (Å²) in [6.07, 6.45) is 1.85. The highest BCUT2D eigenvalue weighted by molar-refractivity contribution is 5.85. The van der Waals surface area contributed by atoms with Crippen LogP contribution in [0.5, 0.6) is 0 Å². The molecule has 6 heteroatoms. The van der Waals surface area contributed by atoms with Crippen molar-refractivity contribution < 1.29 is 14.6 Å². The summed E-state index contributed by atoms with van der Waals surface area (Å²) in [4.78, 5) is 14.0. The molecule has 0 aromatic rings. The fourth-order valence-electron chi connectivity index (χ4n) is 2.35. The van der Waals surface area contributed by atoms with Crippen LogP contribution in [0, 0.1) is 5.92 Å². The van der Waals surface area contributed by atoms with Crippen LogP contribution in [0.2, 0.25) is 0 Å². The Morgan fingerprint density at radius 2 is 2.35 bits per heavy atom. The number of aliphatic hydroxyl groups is 1. The van der Waals surface area contributed by atoms with E-state index < -0.39 is 0 Å². The monoisotopic (exact) mass is 264 g/mol. The standard InChI is InChI=1S/C11H20N2O3.ClH/c14-8-10-7-13(4-5-16-10)11(15)9-2-1-3-12-6-9;/h9-10,12,14H,1-8H2;1H. The first-order valence-corrected chi connectivity index (χ1v) is 6.03. The number of halogens is 1. The van der Waals surface area contributed by atoms with Crippen molar-refractivity contribution in [3.05, 3.63) is 0 Å². The van der Waals surface area contributed by atoms with E-state index in [1.54, 1.807) is 0 Å². The maximum Gasteiger partial charge on any atom is 0.227 e. The summed E-state index contributed by atoms with van der Waals surface area (Å²) in [5.74, 6) is 0.333. The molecule has 0 aliphatic carbocycles. The molecule has 17 heavy (non-hydrogen) atoms. The molecular formula is C11H21ClN2O3. The largest absolute Gasteiger partial charge is 0.394 e. The van der Waals surface area contributed by atoms with E-state index in [-0.39, 0.29) is 36.9 Å². The van der Waals surface area contributed by atoms with Crippen LogP contribution in [0.15, 0.2) is 0 Å². The Morgan fingerprint density at radius 1 is 1.53 bits per heavy atom. The number of carbonyl (C=O) groups excluding carboxylic acids is 1. The van der Waals surface area contributed by atoms with Crippen molar-refractivity contribution in [3.8, 4) is 0 Å². The molecule has 0 bridgehead atoms. The van der Waals surface area contributed by atoms with Gasteiger partial charge in [0.15, 0.2) is 0 Å². The summed E-state index contributed by atoms with van der Waals surface area (Å²) >= 11 is 0. The zero-order chi connectivity index (χ0) is 11.4. The van der Waals surface area contributed by atoms with Crippen LogP contribution in [0.25, 0.3) is 0 Å². The zero-order valence-electron chi connectivity index (χ0n) is 9.93. The minimum absolute atomic E-state index is 0. The molecule has 1 amide bonds. The average Bonchev–Trinajstić information content (AvgIpc) is 2.39. The van der Waals surface area contributed by atoms with Crippen molar-refractivity contribution in [2.24, 2.45) is 5.92 Å². The third-order valence-electron chi connectivity index (χ3n) is 3.30. The van der Waals surface area contributed by atoms with Crippen molar-refractivity contribution in [1.29, 1.82) is 0 Å². The predicted molar refractivity (Wildman–Crippen MR) is 66.2 cm³/mol. The van der Waals surface area contributed by atoms with Crippen LogP contribution in [-0.4, -0.2) is 61.4 Å². The van der Waals surface area contributed by atoms with Crippen molar-refractivity contribution in [1.82, 2.24) is 10.2 Å². The molecule has 5 nitrogen and oxygen atoms in total. The molecule has 2 saturated heterocycles. The lowest BCUT2D eigenvalue weighted by Crippen LogP contribution is -2.51. The van der Waals surface area contributed by atoms with E-state index in [1.807, 2.05) is 4.90 Å². The van der Waals surface area contributed by atoms with Gasteiger partial charge in [0.1, 0.15) is 0 Å². The van der Waals surface area contributed by atoms with Crippen molar-refractivity contribution in [2.45, 2.75) is 18.9 Å². The van der Waals surface area contributed by atoms with Gasteiger partial charge in [0.2, 0.25) is 5.91 Å². The lowest BCUT2D eigenvalue weighted by atomic mass is 9.98. The Balaban J connectivity index is 0.00000144. The number of aliphatic hydroxyl groups excluding tert-OH is 1. The van der Waals surface area contributed by atoms with Gasteiger partial charge in [-0.3, -0.25) is 4.79 Å². The number of rotatable bonds is 2. The molecule has 2 aliphatic rings. The number of amides is 1. The van der Waals surface area contributed by atoms with Gasteiger partial charge < -0.3 is 20.1 Å². The van der Waals surface area contributed by atoms with E-state index in [2.05, 4.69) is 5.32 Å². The van der Waals surface area contributed by atoms with Gasteiger partial charge in [-0.1, -0.05) is 0 Å². The number of nitrogens with one attached hydrogen (secondary N) is 1. The van der Waals surface area contributed by atoms with Crippen molar-refractivity contribution >= 4 is 18.3 Å². The molecular weight excluding hydrogens is 244 g/mol. The summed E-state index contributed by atoms with van der Waals surface area (Å²) in [6, 6.07) is 0. The summed E-state index contributed by atoms with van der Waals surface area (Å²) in [6.45, 7) is 3.54. The SMILES string of the molecule is Cl.O=C(C1CCCNC1)N1CCOC(CO)C1. The van der Waals surface area contributed by atoms with Gasteiger partial charge in [-0.05, 0) is 19.4 Å². The maximum atomic E-state index is 12.2. The molecule has 0 aromatic carbocycles. The smallest absolute Gasteiger partial charge is 0.227 e. The molecule has 2 N–H and O–H groups in total. The van der Waals surface area contributed by atoms with E-state index in [4.69, 9.17) is 9.84 Å². The normalized spacial score (nSPS) is 29.6. The molecule has 0 saturated carbocycles. The summed E-state index contributed by atoms with van der Waals surface area (Å²) in [5, 5.41) is 12.3. The second-order valence-electron chi connectivity index (χ2n) is 4.50. The highest BCUT2D eigenvalue weighted by Crippen LogP contribution is 2.15. The first-order chi connectivity index (χ1) is 7.81. The fraction of sp³-hybridized carbons (Fsp3) is 0.909. The molecule has 2 heterocycles. The summed E-state index contributed by atoms with van der Waals surface area (Å²) < 4.78 is 5.34. The zero-order valence-corrected chi connectivity index (χ0v) is 10.7. The quantitative estimate of drug-likeness (QED) is 0.714. The Hall–Kier alpha value is -0.360. The van der Waals surface area contributed by atoms with Gasteiger partial charge in [0, 0.05) is 19.6 Å². The minimum Gasteiger partial charge on any atom is -0.394 e. The number of piperidine rings is 1. The van der Waals surface area contributed by atoms with Gasteiger partial charge in [0.25, 0.3) is 0 Å². The number of hydrogen-bond donors (Lipinski definition) is 2. The van der Waals surface area contributed by atoms with E-state index in [1.165, 1.54) is 0 Å². The number of carbonyl (C=O) groups is 1. The van der Waals surface area contributed by atoms with Crippen LogP contribution < -0.4 is 5.32 Å². The van der Waals surface area contributed by atoms with Gasteiger partial charge >= 0.3 is 0 Å². The highest BCUT2D eigenvalue weighted by Gasteiger charge is 2.29. The van der Waals surface area contributed by atoms with Crippen molar-refractivity contribution in [3.63, 3.8) is 0 Å². The van der Waals surface area contributed by atoms with Crippen LogP contribution in [0.4, 0.5) is 0 Å². The van der Waals surface area contributed by atoms with Crippen LogP contribution >= 0.6 is 12.4 Å².